The molecule has 0 saturated heterocycles. The number of carbonyl (C=O) groups excluding carboxylic acids is 1. The number of nitrogens with one attached hydrogen (secondary N) is 2. The van der Waals surface area contributed by atoms with Gasteiger partial charge in [-0.2, -0.15) is 0 Å². The van der Waals surface area contributed by atoms with Crippen LogP contribution in [0.4, 0.5) is 28.0 Å². The van der Waals surface area contributed by atoms with Crippen LogP contribution >= 0.6 is 22.9 Å². The summed E-state index contributed by atoms with van der Waals surface area (Å²) >= 11 is 7.37. The molecule has 0 bridgehead atoms. The van der Waals surface area contributed by atoms with Gasteiger partial charge in [0.1, 0.15) is 11.6 Å². The van der Waals surface area contributed by atoms with E-state index in [4.69, 9.17) is 16.6 Å². The van der Waals surface area contributed by atoms with Crippen LogP contribution in [-0.4, -0.2) is 23.5 Å². The second-order valence-electron chi connectivity index (χ2n) is 8.31. The van der Waals surface area contributed by atoms with Gasteiger partial charge < -0.3 is 19.9 Å². The van der Waals surface area contributed by atoms with E-state index in [-0.39, 0.29) is 5.75 Å². The van der Waals surface area contributed by atoms with Gasteiger partial charge in [0.05, 0.1) is 12.2 Å². The Kier molecular flexibility index (Phi) is 9.26. The Balaban J connectivity index is 1.47. The summed E-state index contributed by atoms with van der Waals surface area (Å²) in [5.41, 5.74) is 2.89. The number of amides is 2. The molecule has 0 saturated carbocycles. The fraction of sp³-hybridized carbons (Fsp3) is 0.185. The molecule has 0 aliphatic rings. The number of rotatable bonds is 9. The first-order chi connectivity index (χ1) is 18.7. The number of ether oxygens (including phenoxy) is 1. The third kappa shape index (κ3) is 8.59. The van der Waals surface area contributed by atoms with Gasteiger partial charge in [0.15, 0.2) is 4.80 Å². The van der Waals surface area contributed by atoms with Crippen molar-refractivity contribution in [3.05, 3.63) is 99.4 Å². The van der Waals surface area contributed by atoms with Crippen molar-refractivity contribution >= 4 is 34.7 Å². The maximum atomic E-state index is 13.1. The number of benzene rings is 3. The summed E-state index contributed by atoms with van der Waals surface area (Å²) in [7, 11) is 0. The van der Waals surface area contributed by atoms with E-state index in [2.05, 4.69) is 15.4 Å². The van der Waals surface area contributed by atoms with E-state index in [9.17, 15) is 22.4 Å². The number of thiazole rings is 1. The van der Waals surface area contributed by atoms with Crippen molar-refractivity contribution < 1.29 is 27.1 Å². The third-order valence-corrected chi connectivity index (χ3v) is 6.59. The molecular formula is C27H23ClF4N4O2S. The van der Waals surface area contributed by atoms with Crippen LogP contribution in [0, 0.1) is 5.82 Å². The third-order valence-electron chi connectivity index (χ3n) is 5.44. The zero-order chi connectivity index (χ0) is 27.8. The average molecular weight is 579 g/mol. The molecule has 6 nitrogen and oxygen atoms in total. The molecule has 0 fully saturated rings. The fourth-order valence-corrected chi connectivity index (χ4v) is 4.69. The highest BCUT2D eigenvalue weighted by Gasteiger charge is 2.31. The maximum Gasteiger partial charge on any atom is 0.573 e. The predicted molar refractivity (Wildman–Crippen MR) is 143 cm³/mol. The molecule has 0 aliphatic carbocycles. The minimum atomic E-state index is -4.77. The second kappa shape index (κ2) is 12.8. The summed E-state index contributed by atoms with van der Waals surface area (Å²) in [6.07, 6.45) is -4.22. The topological polar surface area (TPSA) is 67.7 Å². The Labute approximate surface area is 230 Å². The summed E-state index contributed by atoms with van der Waals surface area (Å²) < 4.78 is 56.6. The quantitative estimate of drug-likeness (QED) is 0.163. The lowest BCUT2D eigenvalue weighted by atomic mass is 10.1. The number of carbonyl (C=O) groups is 1. The van der Waals surface area contributed by atoms with E-state index >= 15 is 0 Å². The first kappa shape index (κ1) is 28.2. The molecule has 4 rings (SSSR count). The summed E-state index contributed by atoms with van der Waals surface area (Å²) in [4.78, 5) is 17.6. The lowest BCUT2D eigenvalue weighted by Crippen LogP contribution is -2.30. The molecule has 3 aromatic carbocycles. The Hall–Kier alpha value is -3.83. The molecule has 39 heavy (non-hydrogen) atoms. The molecule has 0 aliphatic heterocycles. The van der Waals surface area contributed by atoms with Gasteiger partial charge in [0.25, 0.3) is 0 Å². The highest BCUT2D eigenvalue weighted by atomic mass is 35.5. The van der Waals surface area contributed by atoms with Gasteiger partial charge in [-0.1, -0.05) is 23.7 Å². The number of hydrogen-bond acceptors (Lipinski definition) is 4. The average Bonchev–Trinajstić information content (AvgIpc) is 3.30. The second-order valence-corrected chi connectivity index (χ2v) is 9.58. The van der Waals surface area contributed by atoms with E-state index in [1.54, 1.807) is 24.3 Å². The predicted octanol–water partition coefficient (Wildman–Crippen LogP) is 7.22. The number of aromatic nitrogens is 1. The van der Waals surface area contributed by atoms with Gasteiger partial charge in [-0.25, -0.2) is 9.18 Å². The standard InChI is InChI=1S/C27H23ClF4N4O2S/c28-20-6-2-18(3-7-20)16-34-26-36(15-1-14-33-25(37)35-22-10-8-21(29)9-11-22)24(17-39-26)19-4-12-23(13-5-19)38-27(30,31)32/h2-13,17H,1,14-16H2,(H2,33,35,37)/b34-26-. The number of hydrogen-bond donors (Lipinski definition) is 2. The Morgan fingerprint density at radius 1 is 1.00 bits per heavy atom. The largest absolute Gasteiger partial charge is 0.573 e. The Bertz CT molecular complexity index is 1450. The molecule has 0 radical (unpaired) electrons. The maximum absolute atomic E-state index is 13.1. The van der Waals surface area contributed by atoms with Gasteiger partial charge >= 0.3 is 12.4 Å². The van der Waals surface area contributed by atoms with E-state index in [0.717, 1.165) is 11.3 Å². The normalized spacial score (nSPS) is 11.9. The van der Waals surface area contributed by atoms with E-state index in [1.165, 1.54) is 47.7 Å². The van der Waals surface area contributed by atoms with E-state index in [0.29, 0.717) is 47.1 Å². The van der Waals surface area contributed by atoms with Gasteiger partial charge in [-0.3, -0.25) is 4.99 Å². The van der Waals surface area contributed by atoms with Gasteiger partial charge in [-0.05, 0) is 78.2 Å². The molecule has 1 aromatic heterocycles. The fourth-order valence-electron chi connectivity index (χ4n) is 3.63. The van der Waals surface area contributed by atoms with Gasteiger partial charge in [-0.15, -0.1) is 24.5 Å². The highest BCUT2D eigenvalue weighted by molar-refractivity contribution is 7.07. The summed E-state index contributed by atoms with van der Waals surface area (Å²) in [5, 5.41) is 7.90. The van der Waals surface area contributed by atoms with Crippen LogP contribution in [0.5, 0.6) is 5.75 Å². The Morgan fingerprint density at radius 3 is 2.36 bits per heavy atom. The van der Waals surface area contributed by atoms with Crippen molar-refractivity contribution in [1.29, 1.82) is 0 Å². The van der Waals surface area contributed by atoms with Crippen LogP contribution < -0.4 is 20.2 Å². The van der Waals surface area contributed by atoms with E-state index < -0.39 is 18.2 Å². The number of alkyl halides is 3. The van der Waals surface area contributed by atoms with Crippen molar-refractivity contribution in [2.75, 3.05) is 11.9 Å². The molecule has 0 atom stereocenters. The number of urea groups is 1. The first-order valence-electron chi connectivity index (χ1n) is 11.8. The van der Waals surface area contributed by atoms with Gasteiger partial charge in [0.2, 0.25) is 0 Å². The van der Waals surface area contributed by atoms with Crippen molar-refractivity contribution in [2.24, 2.45) is 4.99 Å². The molecule has 2 amide bonds. The molecule has 0 spiro atoms. The molecule has 4 aromatic rings. The van der Waals surface area contributed by atoms with E-state index in [1.807, 2.05) is 22.1 Å². The van der Waals surface area contributed by atoms with Crippen molar-refractivity contribution in [1.82, 2.24) is 9.88 Å². The van der Waals surface area contributed by atoms with Crippen molar-refractivity contribution in [3.63, 3.8) is 0 Å². The molecular weight excluding hydrogens is 556 g/mol. The zero-order valence-electron chi connectivity index (χ0n) is 20.3. The molecule has 0 unspecified atom stereocenters. The monoisotopic (exact) mass is 578 g/mol. The number of halogens is 5. The van der Waals surface area contributed by atoms with Crippen molar-refractivity contribution in [3.8, 4) is 17.0 Å². The van der Waals surface area contributed by atoms with Crippen LogP contribution in [0.15, 0.2) is 83.2 Å². The lowest BCUT2D eigenvalue weighted by Gasteiger charge is -2.12. The summed E-state index contributed by atoms with van der Waals surface area (Å²) in [6.45, 7) is 1.23. The number of anilines is 1. The molecule has 204 valence electrons. The lowest BCUT2D eigenvalue weighted by molar-refractivity contribution is -0.274. The number of nitrogens with zero attached hydrogens (tertiary/aromatic N) is 2. The first-order valence-corrected chi connectivity index (χ1v) is 13.0. The summed E-state index contributed by atoms with van der Waals surface area (Å²) in [5.74, 6) is -0.707. The zero-order valence-corrected chi connectivity index (χ0v) is 21.9. The highest BCUT2D eigenvalue weighted by Crippen LogP contribution is 2.27. The van der Waals surface area contributed by atoms with Crippen LogP contribution in [0.25, 0.3) is 11.3 Å². The smallest absolute Gasteiger partial charge is 0.406 e. The molecule has 12 heteroatoms. The SMILES string of the molecule is O=C(NCCCn1c(-c2ccc(OC(F)(F)F)cc2)cs/c1=N\Cc1ccc(Cl)cc1)Nc1ccc(F)cc1. The minimum Gasteiger partial charge on any atom is -0.406 e. The van der Waals surface area contributed by atoms with Crippen LogP contribution in [0.2, 0.25) is 5.02 Å². The Morgan fingerprint density at radius 2 is 1.69 bits per heavy atom. The van der Waals surface area contributed by atoms with Crippen LogP contribution in [-0.2, 0) is 13.1 Å². The molecule has 1 heterocycles. The van der Waals surface area contributed by atoms with Crippen LogP contribution in [0.1, 0.15) is 12.0 Å². The minimum absolute atomic E-state index is 0.308. The summed E-state index contributed by atoms with van der Waals surface area (Å²) in [6, 6.07) is 18.0. The van der Waals surface area contributed by atoms with Crippen molar-refractivity contribution in [2.45, 2.75) is 25.9 Å². The molecule has 2 N–H and O–H groups in total. The van der Waals surface area contributed by atoms with Crippen LogP contribution in [0.3, 0.4) is 0 Å². The van der Waals surface area contributed by atoms with Gasteiger partial charge in [0, 0.05) is 29.2 Å².